The quantitative estimate of drug-likeness (QED) is 0.817. The van der Waals surface area contributed by atoms with Crippen molar-refractivity contribution in [2.75, 3.05) is 13.1 Å². The maximum absolute atomic E-state index is 14.7. The maximum Gasteiger partial charge on any atom is 0.276 e. The number of hydrogen-bond acceptors (Lipinski definition) is 6. The summed E-state index contributed by atoms with van der Waals surface area (Å²) in [7, 11) is -3.87. The minimum Gasteiger partial charge on any atom is -0.334 e. The number of nitrogens with two attached hydrogens (primary N) is 1. The fourth-order valence-corrected chi connectivity index (χ4v) is 5.28. The second-order valence-electron chi connectivity index (χ2n) is 7.45. The Morgan fingerprint density at radius 2 is 2.00 bits per heavy atom. The van der Waals surface area contributed by atoms with Crippen LogP contribution in [-0.4, -0.2) is 51.7 Å². The van der Waals surface area contributed by atoms with E-state index in [2.05, 4.69) is 15.2 Å². The van der Waals surface area contributed by atoms with Gasteiger partial charge in [-0.05, 0) is 25.7 Å². The highest BCUT2D eigenvalue weighted by molar-refractivity contribution is 7.86. The number of fused-ring (bicyclic) bond motifs is 1. The Morgan fingerprint density at radius 1 is 1.26 bits per heavy atom. The van der Waals surface area contributed by atoms with E-state index < -0.39 is 27.5 Å². The molecular formula is C15H18F2N6O3S. The zero-order valence-electron chi connectivity index (χ0n) is 14.3. The lowest BCUT2D eigenvalue weighted by Crippen LogP contribution is -2.43. The standard InChI is InChI=1S/C15H18F2N6O3S/c16-15(17)11(14(15)3-6-22(7-4-14)27(18,24)25)12-20-13(26-21-12)9-8-19-23-5-1-2-10(9)23/h8,11H,1-7H2,(H2,18,24,25)/t11-/m0/s1. The molecule has 2 aromatic heterocycles. The monoisotopic (exact) mass is 400 g/mol. The zero-order chi connectivity index (χ0) is 19.0. The Bertz CT molecular complexity index is 1010. The van der Waals surface area contributed by atoms with Gasteiger partial charge in [0.1, 0.15) is 0 Å². The molecule has 1 spiro atoms. The minimum atomic E-state index is -3.87. The number of halogens is 2. The van der Waals surface area contributed by atoms with Crippen LogP contribution in [0.2, 0.25) is 0 Å². The van der Waals surface area contributed by atoms with Crippen molar-refractivity contribution in [3.05, 3.63) is 17.7 Å². The van der Waals surface area contributed by atoms with Crippen LogP contribution in [0.15, 0.2) is 10.7 Å². The molecule has 2 N–H and O–H groups in total. The topological polar surface area (TPSA) is 120 Å². The van der Waals surface area contributed by atoms with E-state index in [0.717, 1.165) is 29.4 Å². The third-order valence-corrected chi connectivity index (χ3v) is 7.22. The van der Waals surface area contributed by atoms with Gasteiger partial charge in [-0.25, -0.2) is 13.9 Å². The SMILES string of the molecule is NS(=O)(=O)N1CCC2(CC1)[C@H](c1noc(-c3cnn4c3CCC4)n1)C2(F)F. The maximum atomic E-state index is 14.7. The van der Waals surface area contributed by atoms with Crippen molar-refractivity contribution in [3.63, 3.8) is 0 Å². The second kappa shape index (κ2) is 5.32. The Kier molecular flexibility index (Phi) is 3.39. The lowest BCUT2D eigenvalue weighted by Gasteiger charge is -2.30. The summed E-state index contributed by atoms with van der Waals surface area (Å²) in [4.78, 5) is 4.24. The molecule has 0 radical (unpaired) electrons. The fourth-order valence-electron chi connectivity index (χ4n) is 4.58. The Morgan fingerprint density at radius 3 is 2.70 bits per heavy atom. The largest absolute Gasteiger partial charge is 0.334 e. The van der Waals surface area contributed by atoms with Crippen LogP contribution in [0.4, 0.5) is 8.78 Å². The normalized spacial score (nSPS) is 26.4. The molecule has 2 aromatic rings. The summed E-state index contributed by atoms with van der Waals surface area (Å²) in [5.41, 5.74) is 0.327. The number of rotatable bonds is 3. The average Bonchev–Trinajstić information content (AvgIpc) is 3.14. The van der Waals surface area contributed by atoms with Gasteiger partial charge in [0, 0.05) is 19.6 Å². The summed E-state index contributed by atoms with van der Waals surface area (Å²) in [5.74, 6) is -4.00. The molecule has 0 unspecified atom stereocenters. The zero-order valence-corrected chi connectivity index (χ0v) is 15.1. The fraction of sp³-hybridized carbons (Fsp3) is 0.667. The number of aromatic nitrogens is 4. The van der Waals surface area contributed by atoms with Crippen molar-refractivity contribution < 1.29 is 21.7 Å². The van der Waals surface area contributed by atoms with Crippen LogP contribution in [0.25, 0.3) is 11.5 Å². The van der Waals surface area contributed by atoms with Gasteiger partial charge in [0.05, 0.1) is 28.8 Å². The van der Waals surface area contributed by atoms with E-state index >= 15 is 0 Å². The van der Waals surface area contributed by atoms with Crippen LogP contribution >= 0.6 is 0 Å². The van der Waals surface area contributed by atoms with Crippen molar-refractivity contribution in [2.24, 2.45) is 10.6 Å². The van der Waals surface area contributed by atoms with E-state index in [0.29, 0.717) is 5.56 Å². The summed E-state index contributed by atoms with van der Waals surface area (Å²) in [6.45, 7) is 0.750. The molecular weight excluding hydrogens is 382 g/mol. The van der Waals surface area contributed by atoms with Crippen LogP contribution in [0.1, 0.15) is 36.7 Å². The van der Waals surface area contributed by atoms with Gasteiger partial charge in [0.15, 0.2) is 5.82 Å². The smallest absolute Gasteiger partial charge is 0.276 e. The van der Waals surface area contributed by atoms with Crippen molar-refractivity contribution >= 4 is 10.2 Å². The van der Waals surface area contributed by atoms with Gasteiger partial charge in [-0.15, -0.1) is 0 Å². The van der Waals surface area contributed by atoms with Crippen LogP contribution in [-0.2, 0) is 23.2 Å². The van der Waals surface area contributed by atoms with Crippen LogP contribution in [0.5, 0.6) is 0 Å². The van der Waals surface area contributed by atoms with Gasteiger partial charge >= 0.3 is 0 Å². The van der Waals surface area contributed by atoms with Gasteiger partial charge in [-0.3, -0.25) is 4.68 Å². The number of aryl methyl sites for hydroxylation is 1. The summed E-state index contributed by atoms with van der Waals surface area (Å²) >= 11 is 0. The molecule has 27 heavy (non-hydrogen) atoms. The minimum absolute atomic E-state index is 0.00809. The van der Waals surface area contributed by atoms with Gasteiger partial charge in [-0.1, -0.05) is 5.16 Å². The lowest BCUT2D eigenvalue weighted by molar-refractivity contribution is 0.0411. The molecule has 3 aliphatic rings. The summed E-state index contributed by atoms with van der Waals surface area (Å²) in [6.07, 6.45) is 3.45. The third-order valence-electron chi connectivity index (χ3n) is 6.13. The molecule has 4 heterocycles. The Labute approximate surface area is 153 Å². The highest BCUT2D eigenvalue weighted by Gasteiger charge is 2.82. The van der Waals surface area contributed by atoms with Crippen molar-refractivity contribution in [1.29, 1.82) is 0 Å². The highest BCUT2D eigenvalue weighted by Crippen LogP contribution is 2.75. The van der Waals surface area contributed by atoms with E-state index in [1.165, 1.54) is 0 Å². The van der Waals surface area contributed by atoms with Crippen molar-refractivity contribution in [1.82, 2.24) is 24.2 Å². The summed E-state index contributed by atoms with van der Waals surface area (Å²) < 4.78 is 60.4. The van der Waals surface area contributed by atoms with Crippen molar-refractivity contribution in [2.45, 2.75) is 44.1 Å². The molecule has 12 heteroatoms. The Balaban J connectivity index is 1.41. The number of piperidine rings is 1. The molecule has 1 saturated carbocycles. The first-order chi connectivity index (χ1) is 12.7. The molecule has 0 aromatic carbocycles. The molecule has 2 aliphatic heterocycles. The molecule has 1 atom stereocenters. The molecule has 5 rings (SSSR count). The lowest BCUT2D eigenvalue weighted by atomic mass is 9.91. The predicted molar refractivity (Wildman–Crippen MR) is 87.9 cm³/mol. The number of alkyl halides is 2. The van der Waals surface area contributed by atoms with E-state index in [4.69, 9.17) is 9.66 Å². The molecule has 0 amide bonds. The molecule has 1 saturated heterocycles. The van der Waals surface area contributed by atoms with Crippen LogP contribution in [0, 0.1) is 5.41 Å². The number of hydrogen-bond donors (Lipinski definition) is 1. The first-order valence-electron chi connectivity index (χ1n) is 8.78. The van der Waals surface area contributed by atoms with Gasteiger partial charge in [0.25, 0.3) is 22.0 Å². The Hall–Kier alpha value is -1.92. The van der Waals surface area contributed by atoms with Gasteiger partial charge in [0.2, 0.25) is 0 Å². The third kappa shape index (κ3) is 2.32. The average molecular weight is 400 g/mol. The van der Waals surface area contributed by atoms with E-state index in [1.54, 1.807) is 6.20 Å². The predicted octanol–water partition coefficient (Wildman–Crippen LogP) is 0.897. The second-order valence-corrected chi connectivity index (χ2v) is 8.99. The first-order valence-corrected chi connectivity index (χ1v) is 10.3. The van der Waals surface area contributed by atoms with Crippen molar-refractivity contribution in [3.8, 4) is 11.5 Å². The number of nitrogens with zero attached hydrogens (tertiary/aromatic N) is 5. The molecule has 0 bridgehead atoms. The molecule has 1 aliphatic carbocycles. The molecule has 2 fully saturated rings. The van der Waals surface area contributed by atoms with E-state index in [9.17, 15) is 17.2 Å². The molecule has 9 nitrogen and oxygen atoms in total. The highest BCUT2D eigenvalue weighted by atomic mass is 32.2. The van der Waals surface area contributed by atoms with Gasteiger partial charge in [-0.2, -0.15) is 22.8 Å². The first kappa shape index (κ1) is 17.2. The van der Waals surface area contributed by atoms with Crippen LogP contribution < -0.4 is 5.14 Å². The summed E-state index contributed by atoms with van der Waals surface area (Å²) in [5, 5.41) is 13.2. The van der Waals surface area contributed by atoms with E-state index in [1.807, 2.05) is 4.68 Å². The van der Waals surface area contributed by atoms with Gasteiger partial charge < -0.3 is 4.52 Å². The molecule has 146 valence electrons. The van der Waals surface area contributed by atoms with Crippen LogP contribution in [0.3, 0.4) is 0 Å². The van der Waals surface area contributed by atoms with E-state index in [-0.39, 0.29) is 37.6 Å². The summed E-state index contributed by atoms with van der Waals surface area (Å²) in [6, 6.07) is 0.